The van der Waals surface area contributed by atoms with Crippen molar-refractivity contribution in [1.29, 1.82) is 0 Å². The van der Waals surface area contributed by atoms with Gasteiger partial charge in [-0.1, -0.05) is 49.6 Å². The second-order valence-electron chi connectivity index (χ2n) is 11.1. The van der Waals surface area contributed by atoms with Gasteiger partial charge in [0.05, 0.1) is 17.1 Å². The molecule has 2 N–H and O–H groups in total. The maximum absolute atomic E-state index is 14.1. The smallest absolute Gasteiger partial charge is 0.249 e. The molecular formula is C35H35F2N3O2S. The summed E-state index contributed by atoms with van der Waals surface area (Å²) in [5.74, 6) is -1.24. The van der Waals surface area contributed by atoms with Crippen LogP contribution in [0.15, 0.2) is 73.3 Å². The van der Waals surface area contributed by atoms with E-state index < -0.39 is 11.2 Å². The first-order valence-corrected chi connectivity index (χ1v) is 15.8. The Labute approximate surface area is 255 Å². The fourth-order valence-electron chi connectivity index (χ4n) is 6.18. The number of ketones is 1. The van der Waals surface area contributed by atoms with Crippen LogP contribution in [-0.2, 0) is 11.3 Å². The van der Waals surface area contributed by atoms with Crippen molar-refractivity contribution in [3.05, 3.63) is 113 Å². The van der Waals surface area contributed by atoms with Gasteiger partial charge in [-0.25, -0.2) is 13.8 Å². The Hall–Kier alpha value is -4.04. The Kier molecular flexibility index (Phi) is 9.56. The molecule has 0 spiro atoms. The van der Waals surface area contributed by atoms with E-state index in [1.165, 1.54) is 36.0 Å². The molecule has 0 saturated heterocycles. The second-order valence-corrected chi connectivity index (χ2v) is 12.0. The number of thioether (sulfide) groups is 1. The molecule has 5 nitrogen and oxygen atoms in total. The fourth-order valence-corrected chi connectivity index (χ4v) is 6.96. The van der Waals surface area contributed by atoms with Crippen LogP contribution in [-0.4, -0.2) is 27.5 Å². The minimum atomic E-state index is -0.631. The summed E-state index contributed by atoms with van der Waals surface area (Å²) in [7, 11) is 0. The summed E-state index contributed by atoms with van der Waals surface area (Å²) in [4.78, 5) is 30.8. The lowest BCUT2D eigenvalue weighted by molar-refractivity contribution is -0.116. The average molecular weight is 600 g/mol. The second kappa shape index (κ2) is 13.5. The van der Waals surface area contributed by atoms with Gasteiger partial charge in [0.1, 0.15) is 17.4 Å². The van der Waals surface area contributed by atoms with Gasteiger partial charge in [-0.3, -0.25) is 9.59 Å². The molecule has 1 aromatic heterocycles. The van der Waals surface area contributed by atoms with Crippen LogP contribution in [0.25, 0.3) is 22.8 Å². The quantitative estimate of drug-likeness (QED) is 0.186. The summed E-state index contributed by atoms with van der Waals surface area (Å²) in [5, 5.41) is -0.545. The zero-order chi connectivity index (χ0) is 30.5. The molecule has 1 fully saturated rings. The molecular weight excluding hydrogens is 564 g/mol. The van der Waals surface area contributed by atoms with Gasteiger partial charge in [-0.05, 0) is 101 Å². The molecule has 0 radical (unpaired) electrons. The van der Waals surface area contributed by atoms with Crippen molar-refractivity contribution in [3.8, 4) is 11.1 Å². The Bertz CT molecular complexity index is 1630. The Morgan fingerprint density at radius 3 is 2.26 bits per heavy atom. The zero-order valence-corrected chi connectivity index (χ0v) is 25.2. The molecule has 8 heteroatoms. The van der Waals surface area contributed by atoms with E-state index in [9.17, 15) is 18.4 Å². The van der Waals surface area contributed by atoms with Crippen LogP contribution in [0, 0.1) is 11.6 Å². The van der Waals surface area contributed by atoms with Gasteiger partial charge in [0.15, 0.2) is 0 Å². The van der Waals surface area contributed by atoms with Crippen LogP contribution < -0.4 is 5.73 Å². The summed E-state index contributed by atoms with van der Waals surface area (Å²) >= 11 is 1.41. The third-order valence-electron chi connectivity index (χ3n) is 8.19. The minimum Gasteiger partial charge on any atom is -0.366 e. The van der Waals surface area contributed by atoms with E-state index in [1.54, 1.807) is 43.7 Å². The number of hydrogen-bond donors (Lipinski definition) is 1. The van der Waals surface area contributed by atoms with Crippen molar-refractivity contribution in [1.82, 2.24) is 9.55 Å². The molecule has 5 rings (SSSR count). The van der Waals surface area contributed by atoms with Crippen molar-refractivity contribution in [2.45, 2.75) is 56.7 Å². The lowest BCUT2D eigenvalue weighted by atomic mass is 9.76. The third-order valence-corrected chi connectivity index (χ3v) is 9.24. The Balaban J connectivity index is 1.88. The van der Waals surface area contributed by atoms with Gasteiger partial charge in [0.2, 0.25) is 5.91 Å². The zero-order valence-electron chi connectivity index (χ0n) is 24.4. The van der Waals surface area contributed by atoms with Gasteiger partial charge in [-0.2, -0.15) is 0 Å². The van der Waals surface area contributed by atoms with Crippen molar-refractivity contribution in [2.24, 2.45) is 5.73 Å². The number of nitrogens with two attached hydrogens (primary N) is 1. The summed E-state index contributed by atoms with van der Waals surface area (Å²) in [6, 6.07) is 14.4. The number of allylic oxidation sites excluding steroid dienone is 1. The highest BCUT2D eigenvalue weighted by atomic mass is 32.2. The predicted octanol–water partition coefficient (Wildman–Crippen LogP) is 8.21. The van der Waals surface area contributed by atoms with Crippen LogP contribution in [0.4, 0.5) is 8.78 Å². The normalized spacial score (nSPS) is 14.9. The van der Waals surface area contributed by atoms with E-state index in [0.29, 0.717) is 34.4 Å². The lowest BCUT2D eigenvalue weighted by Crippen LogP contribution is -2.20. The average Bonchev–Trinajstić information content (AvgIpc) is 3.51. The molecule has 0 bridgehead atoms. The number of rotatable bonds is 10. The summed E-state index contributed by atoms with van der Waals surface area (Å²) in [6.45, 7) is 1.93. The molecule has 1 unspecified atom stereocenters. The predicted molar refractivity (Wildman–Crippen MR) is 170 cm³/mol. The van der Waals surface area contributed by atoms with E-state index in [4.69, 9.17) is 5.73 Å². The van der Waals surface area contributed by atoms with E-state index in [2.05, 4.69) is 11.1 Å². The number of halogens is 2. The maximum atomic E-state index is 14.1. The molecule has 1 amide bonds. The van der Waals surface area contributed by atoms with Gasteiger partial charge >= 0.3 is 0 Å². The molecule has 3 aromatic carbocycles. The summed E-state index contributed by atoms with van der Waals surface area (Å²) < 4.78 is 29.9. The van der Waals surface area contributed by atoms with Crippen molar-refractivity contribution in [2.75, 3.05) is 6.26 Å². The number of carbonyl (C=O) groups is 2. The monoisotopic (exact) mass is 599 g/mol. The van der Waals surface area contributed by atoms with Crippen molar-refractivity contribution in [3.63, 3.8) is 0 Å². The van der Waals surface area contributed by atoms with Gasteiger partial charge in [-0.15, -0.1) is 11.8 Å². The fraction of sp³-hybridized carbons (Fsp3) is 0.286. The van der Waals surface area contributed by atoms with Crippen molar-refractivity contribution < 1.29 is 18.4 Å². The molecule has 1 atom stereocenters. The molecule has 1 saturated carbocycles. The van der Waals surface area contributed by atoms with Crippen LogP contribution in [0.3, 0.4) is 0 Å². The topological polar surface area (TPSA) is 78.0 Å². The van der Waals surface area contributed by atoms with E-state index in [-0.39, 0.29) is 23.3 Å². The van der Waals surface area contributed by atoms with E-state index in [0.717, 1.165) is 48.8 Å². The minimum absolute atomic E-state index is 0.0420. The summed E-state index contributed by atoms with van der Waals surface area (Å²) in [6.07, 6.45) is 14.1. The Morgan fingerprint density at radius 1 is 1.05 bits per heavy atom. The largest absolute Gasteiger partial charge is 0.366 e. The van der Waals surface area contributed by atoms with Gasteiger partial charge in [0.25, 0.3) is 0 Å². The highest BCUT2D eigenvalue weighted by Gasteiger charge is 2.30. The van der Waals surface area contributed by atoms with E-state index >= 15 is 0 Å². The molecule has 222 valence electrons. The number of carbonyl (C=O) groups excluding carboxylic acids is 2. The Morgan fingerprint density at radius 2 is 1.70 bits per heavy atom. The van der Waals surface area contributed by atoms with Crippen LogP contribution in [0.5, 0.6) is 0 Å². The number of hydrogen-bond acceptors (Lipinski definition) is 4. The van der Waals surface area contributed by atoms with Crippen LogP contribution in [0.1, 0.15) is 82.8 Å². The van der Waals surface area contributed by atoms with Crippen LogP contribution in [0.2, 0.25) is 0 Å². The molecule has 4 aromatic rings. The van der Waals surface area contributed by atoms with Gasteiger partial charge < -0.3 is 10.3 Å². The highest BCUT2D eigenvalue weighted by molar-refractivity contribution is 7.99. The molecule has 43 heavy (non-hydrogen) atoms. The molecule has 0 aliphatic heterocycles. The standard InChI is InChI=1S/C35H35F2N3O2S/c1-22(41)34(43-2)31-19-29(24-6-4-3-5-7-24)32(25-10-14-28(37)15-11-25)33(35(38)42)30(31)18-26(20-40-17-16-39-21-40)23-8-12-27(36)13-9-23/h8-19,21,24,34H,3-7,20H2,1-2H3,(H2,38,42). The number of imidazole rings is 1. The molecule has 1 heterocycles. The highest BCUT2D eigenvalue weighted by Crippen LogP contribution is 2.45. The molecule has 1 aliphatic rings. The number of primary amides is 1. The van der Waals surface area contributed by atoms with E-state index in [1.807, 2.05) is 23.1 Å². The SMILES string of the molecule is CSC(C(C)=O)c1cc(C2CCCCC2)c(-c2ccc(F)cc2)c(C(N)=O)c1C=C(Cn1ccnc1)c1ccc(F)cc1. The molecule has 1 aliphatic carbocycles. The number of nitrogens with zero attached hydrogens (tertiary/aromatic N) is 2. The third kappa shape index (κ3) is 6.80. The van der Waals surface area contributed by atoms with Gasteiger partial charge in [0, 0.05) is 18.9 Å². The first kappa shape index (κ1) is 30.4. The number of benzene rings is 3. The maximum Gasteiger partial charge on any atom is 0.249 e. The lowest BCUT2D eigenvalue weighted by Gasteiger charge is -2.29. The first-order chi connectivity index (χ1) is 20.8. The van der Waals surface area contributed by atoms with Crippen molar-refractivity contribution >= 4 is 35.1 Å². The number of aromatic nitrogens is 2. The number of amides is 1. The van der Waals surface area contributed by atoms with Crippen LogP contribution >= 0.6 is 11.8 Å². The summed E-state index contributed by atoms with van der Waals surface area (Å²) in [5.41, 5.74) is 11.7. The number of Topliss-reactive ketones (excluding diaryl/α,β-unsaturated/α-hetero) is 1. The first-order valence-electron chi connectivity index (χ1n) is 14.5.